The molecule has 0 aromatic heterocycles. The van der Waals surface area contributed by atoms with Gasteiger partial charge < -0.3 is 15.2 Å². The molecule has 1 saturated carbocycles. The van der Waals surface area contributed by atoms with E-state index in [1.807, 2.05) is 0 Å². The Bertz CT molecular complexity index is 559. The summed E-state index contributed by atoms with van der Waals surface area (Å²) in [4.78, 5) is 0. The molecule has 2 N–H and O–H groups in total. The molecule has 2 atom stereocenters. The maximum Gasteiger partial charge on any atom is 0.127 e. The second kappa shape index (κ2) is 4.39. The molecule has 1 aromatic rings. The molecule has 0 radical (unpaired) electrons. The third-order valence-electron chi connectivity index (χ3n) is 5.72. The summed E-state index contributed by atoms with van der Waals surface area (Å²) in [6.07, 6.45) is 6.20. The molecular formula is C18H25NO2. The van der Waals surface area contributed by atoms with Gasteiger partial charge in [0.05, 0.1) is 0 Å². The predicted molar refractivity (Wildman–Crippen MR) is 83.4 cm³/mol. The Kier molecular flexibility index (Phi) is 2.81. The van der Waals surface area contributed by atoms with E-state index in [0.29, 0.717) is 0 Å². The second-order valence-corrected chi connectivity index (χ2v) is 7.22. The zero-order chi connectivity index (χ0) is 14.8. The van der Waals surface area contributed by atoms with Crippen LogP contribution >= 0.6 is 0 Å². The first-order valence-electron chi connectivity index (χ1n) is 8.28. The van der Waals surface area contributed by atoms with E-state index in [9.17, 15) is 0 Å². The van der Waals surface area contributed by atoms with Crippen molar-refractivity contribution in [1.82, 2.24) is 0 Å². The lowest BCUT2D eigenvalue weighted by Gasteiger charge is -2.43. The van der Waals surface area contributed by atoms with Crippen molar-refractivity contribution >= 4 is 0 Å². The second-order valence-electron chi connectivity index (χ2n) is 7.22. The van der Waals surface area contributed by atoms with E-state index < -0.39 is 0 Å². The summed E-state index contributed by atoms with van der Waals surface area (Å²) in [5, 5.41) is 0. The normalized spacial score (nSPS) is 28.4. The van der Waals surface area contributed by atoms with E-state index in [0.717, 1.165) is 30.9 Å². The van der Waals surface area contributed by atoms with E-state index in [4.69, 9.17) is 15.2 Å². The van der Waals surface area contributed by atoms with Crippen LogP contribution < -0.4 is 15.2 Å². The molecule has 2 heterocycles. The quantitative estimate of drug-likeness (QED) is 0.909. The molecule has 3 heteroatoms. The lowest BCUT2D eigenvalue weighted by atomic mass is 9.62. The molecule has 1 fully saturated rings. The number of rotatable bonds is 2. The summed E-state index contributed by atoms with van der Waals surface area (Å²) in [6.45, 7) is 7.24. The standard InChI is InChI=1S/C18H25NO2/c1-10-7-13-12(3)16-14(8-11(2)20-16)15(17(13)21-10)18(9-19)5-4-6-18/h10-11H,4-9,19H2,1-3H3. The average Bonchev–Trinajstić information content (AvgIpc) is 2.95. The van der Waals surface area contributed by atoms with Crippen LogP contribution in [-0.2, 0) is 18.3 Å². The average molecular weight is 287 g/mol. The number of hydrogen-bond acceptors (Lipinski definition) is 3. The molecule has 0 bridgehead atoms. The van der Waals surface area contributed by atoms with Gasteiger partial charge in [0.1, 0.15) is 23.7 Å². The van der Waals surface area contributed by atoms with Gasteiger partial charge in [-0.2, -0.15) is 0 Å². The highest BCUT2D eigenvalue weighted by atomic mass is 16.5. The van der Waals surface area contributed by atoms with Crippen molar-refractivity contribution in [1.29, 1.82) is 0 Å². The smallest absolute Gasteiger partial charge is 0.127 e. The number of nitrogens with two attached hydrogens (primary N) is 1. The Balaban J connectivity index is 1.98. The monoisotopic (exact) mass is 287 g/mol. The lowest BCUT2D eigenvalue weighted by Crippen LogP contribution is -2.42. The molecule has 1 aliphatic carbocycles. The largest absolute Gasteiger partial charge is 0.490 e. The van der Waals surface area contributed by atoms with Gasteiger partial charge in [-0.1, -0.05) is 6.42 Å². The zero-order valence-electron chi connectivity index (χ0n) is 13.3. The summed E-state index contributed by atoms with van der Waals surface area (Å²) >= 11 is 0. The molecule has 2 unspecified atom stereocenters. The fourth-order valence-corrected chi connectivity index (χ4v) is 4.45. The van der Waals surface area contributed by atoms with Crippen LogP contribution in [0.3, 0.4) is 0 Å². The Morgan fingerprint density at radius 3 is 2.24 bits per heavy atom. The van der Waals surface area contributed by atoms with Crippen LogP contribution in [0.4, 0.5) is 0 Å². The van der Waals surface area contributed by atoms with Crippen molar-refractivity contribution in [2.24, 2.45) is 5.73 Å². The van der Waals surface area contributed by atoms with Crippen LogP contribution in [0.2, 0.25) is 0 Å². The van der Waals surface area contributed by atoms with Gasteiger partial charge in [-0.25, -0.2) is 0 Å². The first kappa shape index (κ1) is 13.4. The maximum absolute atomic E-state index is 6.25. The van der Waals surface area contributed by atoms with Crippen molar-refractivity contribution in [2.75, 3.05) is 6.54 Å². The van der Waals surface area contributed by atoms with Crippen molar-refractivity contribution < 1.29 is 9.47 Å². The van der Waals surface area contributed by atoms with Gasteiger partial charge in [-0.15, -0.1) is 0 Å². The van der Waals surface area contributed by atoms with Crippen LogP contribution in [0.15, 0.2) is 0 Å². The summed E-state index contributed by atoms with van der Waals surface area (Å²) in [5.74, 6) is 2.29. The number of ether oxygens (including phenoxy) is 2. The molecule has 0 saturated heterocycles. The van der Waals surface area contributed by atoms with Gasteiger partial charge in [0.25, 0.3) is 0 Å². The molecule has 4 rings (SSSR count). The van der Waals surface area contributed by atoms with E-state index >= 15 is 0 Å². The van der Waals surface area contributed by atoms with Crippen LogP contribution in [0.5, 0.6) is 11.5 Å². The van der Waals surface area contributed by atoms with Gasteiger partial charge in [0.15, 0.2) is 0 Å². The van der Waals surface area contributed by atoms with Crippen LogP contribution in [0.25, 0.3) is 0 Å². The van der Waals surface area contributed by atoms with Gasteiger partial charge in [0.2, 0.25) is 0 Å². The first-order valence-corrected chi connectivity index (χ1v) is 8.28. The minimum absolute atomic E-state index is 0.138. The molecule has 0 amide bonds. The molecule has 21 heavy (non-hydrogen) atoms. The van der Waals surface area contributed by atoms with Crippen molar-refractivity contribution in [3.63, 3.8) is 0 Å². The summed E-state index contributed by atoms with van der Waals surface area (Å²) in [5.41, 5.74) is 11.8. The molecule has 1 aromatic carbocycles. The third kappa shape index (κ3) is 1.70. The van der Waals surface area contributed by atoms with Gasteiger partial charge in [0, 0.05) is 41.5 Å². The van der Waals surface area contributed by atoms with E-state index in [1.165, 1.54) is 41.5 Å². The number of hydrogen-bond donors (Lipinski definition) is 1. The summed E-state index contributed by atoms with van der Waals surface area (Å²) < 4.78 is 12.4. The summed E-state index contributed by atoms with van der Waals surface area (Å²) in [6, 6.07) is 0. The zero-order valence-corrected chi connectivity index (χ0v) is 13.3. The Morgan fingerprint density at radius 2 is 1.67 bits per heavy atom. The van der Waals surface area contributed by atoms with E-state index in [1.54, 1.807) is 0 Å². The molecule has 2 aliphatic heterocycles. The van der Waals surface area contributed by atoms with E-state index in [-0.39, 0.29) is 17.6 Å². The molecule has 3 aliphatic rings. The SMILES string of the molecule is Cc1c2c(c(C3(CN)CCC3)c3c1OC(C)C3)OC(C)C2. The number of benzene rings is 1. The topological polar surface area (TPSA) is 44.5 Å². The van der Waals surface area contributed by atoms with Crippen LogP contribution in [-0.4, -0.2) is 18.8 Å². The lowest BCUT2D eigenvalue weighted by molar-refractivity contribution is 0.218. The molecule has 0 spiro atoms. The maximum atomic E-state index is 6.25. The first-order chi connectivity index (χ1) is 10.1. The van der Waals surface area contributed by atoms with E-state index in [2.05, 4.69) is 20.8 Å². The van der Waals surface area contributed by atoms with Gasteiger partial charge in [-0.3, -0.25) is 0 Å². The predicted octanol–water partition coefficient (Wildman–Crippen LogP) is 3.02. The van der Waals surface area contributed by atoms with Gasteiger partial charge >= 0.3 is 0 Å². The molecular weight excluding hydrogens is 262 g/mol. The Labute approximate surface area is 126 Å². The Morgan fingerprint density at radius 1 is 1.05 bits per heavy atom. The minimum atomic E-state index is 0.138. The van der Waals surface area contributed by atoms with Crippen LogP contribution in [0.1, 0.15) is 55.4 Å². The van der Waals surface area contributed by atoms with Crippen molar-refractivity contribution in [3.05, 3.63) is 22.3 Å². The highest BCUT2D eigenvalue weighted by molar-refractivity contribution is 5.64. The highest BCUT2D eigenvalue weighted by Crippen LogP contribution is 2.55. The molecule has 3 nitrogen and oxygen atoms in total. The third-order valence-corrected chi connectivity index (χ3v) is 5.72. The molecule has 114 valence electrons. The number of fused-ring (bicyclic) bond motifs is 2. The minimum Gasteiger partial charge on any atom is -0.490 e. The van der Waals surface area contributed by atoms with Crippen molar-refractivity contribution in [3.8, 4) is 11.5 Å². The van der Waals surface area contributed by atoms with Crippen molar-refractivity contribution in [2.45, 2.75) is 70.5 Å². The summed E-state index contributed by atoms with van der Waals surface area (Å²) in [7, 11) is 0. The fourth-order valence-electron chi connectivity index (χ4n) is 4.45. The van der Waals surface area contributed by atoms with Crippen LogP contribution in [0, 0.1) is 6.92 Å². The fraction of sp³-hybridized carbons (Fsp3) is 0.667. The van der Waals surface area contributed by atoms with Gasteiger partial charge in [-0.05, 0) is 39.2 Å². The Hall–Kier alpha value is -1.22. The highest BCUT2D eigenvalue weighted by Gasteiger charge is 2.46.